The van der Waals surface area contributed by atoms with Gasteiger partial charge in [0.25, 0.3) is 0 Å². The average molecular weight is 316 g/mol. The second-order valence-corrected chi connectivity index (χ2v) is 5.37. The molecule has 0 aliphatic rings. The third-order valence-electron chi connectivity index (χ3n) is 3.94. The Kier molecular flexibility index (Phi) is 5.74. The molecule has 0 amide bonds. The van der Waals surface area contributed by atoms with E-state index in [0.717, 1.165) is 5.56 Å². The van der Waals surface area contributed by atoms with Gasteiger partial charge in [0.05, 0.1) is 14.2 Å². The van der Waals surface area contributed by atoms with Gasteiger partial charge in [0.15, 0.2) is 17.3 Å². The monoisotopic (exact) mass is 316 g/mol. The molecule has 1 unspecified atom stereocenters. The zero-order valence-electron chi connectivity index (χ0n) is 13.6. The Morgan fingerprint density at radius 3 is 2.30 bits per heavy atom. The van der Waals surface area contributed by atoms with Gasteiger partial charge in [0.2, 0.25) is 0 Å². The Labute approximate surface area is 136 Å². The highest BCUT2D eigenvalue weighted by molar-refractivity contribution is 5.98. The van der Waals surface area contributed by atoms with Crippen LogP contribution < -0.4 is 9.47 Å². The maximum Gasteiger partial charge on any atom is 0.166 e. The van der Waals surface area contributed by atoms with Gasteiger partial charge in [-0.15, -0.1) is 0 Å². The Hall–Kier alpha value is -2.36. The molecular formula is C19H21FO3. The average Bonchev–Trinajstić information content (AvgIpc) is 2.59. The van der Waals surface area contributed by atoms with Crippen LogP contribution in [0.2, 0.25) is 0 Å². The molecular weight excluding hydrogens is 295 g/mol. The highest BCUT2D eigenvalue weighted by Gasteiger charge is 2.19. The summed E-state index contributed by atoms with van der Waals surface area (Å²) in [5.74, 6) is 0.398. The molecule has 122 valence electrons. The molecule has 2 aromatic carbocycles. The van der Waals surface area contributed by atoms with E-state index in [-0.39, 0.29) is 17.5 Å². The molecule has 2 aromatic rings. The summed E-state index contributed by atoms with van der Waals surface area (Å²) in [7, 11) is 3.02. The summed E-state index contributed by atoms with van der Waals surface area (Å²) in [6.45, 7) is 1.96. The maximum atomic E-state index is 13.8. The van der Waals surface area contributed by atoms with Gasteiger partial charge in [-0.25, -0.2) is 4.39 Å². The van der Waals surface area contributed by atoms with E-state index in [0.29, 0.717) is 24.2 Å². The van der Waals surface area contributed by atoms with Crippen LogP contribution in [0.4, 0.5) is 4.39 Å². The van der Waals surface area contributed by atoms with Crippen molar-refractivity contribution >= 4 is 5.78 Å². The molecule has 0 N–H and O–H groups in total. The third kappa shape index (κ3) is 4.09. The molecule has 2 rings (SSSR count). The van der Waals surface area contributed by atoms with Gasteiger partial charge in [0, 0.05) is 11.5 Å². The molecule has 0 saturated heterocycles. The van der Waals surface area contributed by atoms with Crippen molar-refractivity contribution in [2.45, 2.75) is 19.8 Å². The first-order valence-electron chi connectivity index (χ1n) is 7.59. The van der Waals surface area contributed by atoms with Gasteiger partial charge in [-0.2, -0.15) is 0 Å². The first kappa shape index (κ1) is 17.0. The van der Waals surface area contributed by atoms with Crippen LogP contribution in [0.25, 0.3) is 0 Å². The number of Topliss-reactive ketones (excluding diaryl/α,β-unsaturated/α-hetero) is 1. The van der Waals surface area contributed by atoms with Crippen LogP contribution in [0, 0.1) is 11.7 Å². The summed E-state index contributed by atoms with van der Waals surface area (Å²) in [5.41, 5.74) is 1.43. The topological polar surface area (TPSA) is 35.5 Å². The molecule has 0 heterocycles. The Morgan fingerprint density at radius 1 is 1.09 bits per heavy atom. The van der Waals surface area contributed by atoms with E-state index in [1.807, 2.05) is 6.92 Å². The number of rotatable bonds is 7. The minimum Gasteiger partial charge on any atom is -0.497 e. The molecule has 0 bridgehead atoms. The minimum atomic E-state index is -0.406. The highest BCUT2D eigenvalue weighted by atomic mass is 19.1. The molecule has 1 atom stereocenters. The third-order valence-corrected chi connectivity index (χ3v) is 3.94. The fourth-order valence-corrected chi connectivity index (χ4v) is 2.53. The summed E-state index contributed by atoms with van der Waals surface area (Å²) in [4.78, 5) is 12.6. The van der Waals surface area contributed by atoms with E-state index in [4.69, 9.17) is 9.47 Å². The molecule has 0 radical (unpaired) electrons. The van der Waals surface area contributed by atoms with Gasteiger partial charge in [-0.1, -0.05) is 13.0 Å². The van der Waals surface area contributed by atoms with E-state index in [1.54, 1.807) is 43.5 Å². The number of hydrogen-bond donors (Lipinski definition) is 0. The lowest BCUT2D eigenvalue weighted by molar-refractivity contribution is 0.0916. The second kappa shape index (κ2) is 7.77. The fraction of sp³-hybridized carbons (Fsp3) is 0.316. The zero-order valence-corrected chi connectivity index (χ0v) is 13.6. The number of carbonyl (C=O) groups is 1. The van der Waals surface area contributed by atoms with Gasteiger partial charge in [-0.05, 0) is 54.8 Å². The van der Waals surface area contributed by atoms with Crippen molar-refractivity contribution in [3.63, 3.8) is 0 Å². The summed E-state index contributed by atoms with van der Waals surface area (Å²) in [5, 5.41) is 0. The van der Waals surface area contributed by atoms with Crippen molar-refractivity contribution in [2.24, 2.45) is 5.92 Å². The van der Waals surface area contributed by atoms with Crippen molar-refractivity contribution < 1.29 is 18.7 Å². The Morgan fingerprint density at radius 2 is 1.78 bits per heavy atom. The molecule has 0 fully saturated rings. The fourth-order valence-electron chi connectivity index (χ4n) is 2.53. The zero-order chi connectivity index (χ0) is 16.8. The summed E-state index contributed by atoms with van der Waals surface area (Å²) >= 11 is 0. The van der Waals surface area contributed by atoms with Crippen LogP contribution in [-0.2, 0) is 6.42 Å². The smallest absolute Gasteiger partial charge is 0.166 e. The van der Waals surface area contributed by atoms with Crippen LogP contribution >= 0.6 is 0 Å². The predicted molar refractivity (Wildman–Crippen MR) is 87.8 cm³/mol. The number of halogens is 1. The lowest BCUT2D eigenvalue weighted by Crippen LogP contribution is -2.16. The molecule has 0 aromatic heterocycles. The van der Waals surface area contributed by atoms with Crippen LogP contribution in [-0.4, -0.2) is 20.0 Å². The first-order chi connectivity index (χ1) is 11.1. The molecule has 0 aliphatic heterocycles. The van der Waals surface area contributed by atoms with Gasteiger partial charge in [0.1, 0.15) is 5.75 Å². The highest BCUT2D eigenvalue weighted by Crippen LogP contribution is 2.23. The van der Waals surface area contributed by atoms with E-state index < -0.39 is 5.82 Å². The minimum absolute atomic E-state index is 0.0615. The van der Waals surface area contributed by atoms with Gasteiger partial charge in [-0.3, -0.25) is 4.79 Å². The predicted octanol–water partition coefficient (Wildman–Crippen LogP) is 4.29. The molecule has 4 heteroatoms. The van der Waals surface area contributed by atoms with Crippen LogP contribution in [0.15, 0.2) is 42.5 Å². The first-order valence-corrected chi connectivity index (χ1v) is 7.59. The van der Waals surface area contributed by atoms with E-state index >= 15 is 0 Å². The summed E-state index contributed by atoms with van der Waals surface area (Å²) in [6, 6.07) is 11.9. The number of ketones is 1. The Balaban J connectivity index is 2.15. The molecule has 0 aliphatic carbocycles. The van der Waals surface area contributed by atoms with Gasteiger partial charge >= 0.3 is 0 Å². The lowest BCUT2D eigenvalue weighted by atomic mass is 9.89. The lowest BCUT2D eigenvalue weighted by Gasteiger charge is -2.15. The quantitative estimate of drug-likeness (QED) is 0.715. The number of ether oxygens (including phenoxy) is 2. The van der Waals surface area contributed by atoms with Crippen molar-refractivity contribution in [3.05, 3.63) is 59.4 Å². The van der Waals surface area contributed by atoms with E-state index in [1.165, 1.54) is 13.2 Å². The van der Waals surface area contributed by atoms with Crippen molar-refractivity contribution in [3.8, 4) is 11.5 Å². The summed E-state index contributed by atoms with van der Waals surface area (Å²) < 4.78 is 23.8. The number of hydrogen-bond acceptors (Lipinski definition) is 3. The molecule has 23 heavy (non-hydrogen) atoms. The van der Waals surface area contributed by atoms with Crippen LogP contribution in [0.3, 0.4) is 0 Å². The second-order valence-electron chi connectivity index (χ2n) is 5.37. The largest absolute Gasteiger partial charge is 0.497 e. The van der Waals surface area contributed by atoms with Crippen molar-refractivity contribution in [1.29, 1.82) is 0 Å². The number of carbonyl (C=O) groups excluding carboxylic acids is 1. The normalized spacial score (nSPS) is 11.8. The Bertz CT molecular complexity index is 665. The summed E-state index contributed by atoms with van der Waals surface area (Å²) in [6.07, 6.45) is 1.20. The molecule has 0 saturated carbocycles. The SMILES string of the molecule is CCC(Cc1ccc(OC)c(F)c1)C(=O)c1ccc(OC)cc1. The van der Waals surface area contributed by atoms with E-state index in [9.17, 15) is 9.18 Å². The van der Waals surface area contributed by atoms with Crippen molar-refractivity contribution in [1.82, 2.24) is 0 Å². The standard InChI is InChI=1S/C19H21FO3/c1-4-14(11-13-5-10-18(23-3)17(20)12-13)19(21)15-6-8-16(22-2)9-7-15/h5-10,12,14H,4,11H2,1-3H3. The van der Waals surface area contributed by atoms with Gasteiger partial charge < -0.3 is 9.47 Å². The molecule has 3 nitrogen and oxygen atoms in total. The number of benzene rings is 2. The van der Waals surface area contributed by atoms with Crippen LogP contribution in [0.1, 0.15) is 29.3 Å². The van der Waals surface area contributed by atoms with Crippen molar-refractivity contribution in [2.75, 3.05) is 14.2 Å². The molecule has 0 spiro atoms. The van der Waals surface area contributed by atoms with E-state index in [2.05, 4.69) is 0 Å². The number of methoxy groups -OCH3 is 2. The van der Waals surface area contributed by atoms with Crippen LogP contribution in [0.5, 0.6) is 11.5 Å². The maximum absolute atomic E-state index is 13.8.